The first kappa shape index (κ1) is 26.8. The first-order chi connectivity index (χ1) is 22.7. The number of benzene rings is 7. The molecule has 0 fully saturated rings. The lowest BCUT2D eigenvalue weighted by molar-refractivity contribution is 1.48. The Bertz CT molecular complexity index is 2500. The Labute approximate surface area is 274 Å². The zero-order valence-electron chi connectivity index (χ0n) is 24.7. The van der Waals surface area contributed by atoms with Crippen molar-refractivity contribution in [2.75, 3.05) is 0 Å². The summed E-state index contributed by atoms with van der Waals surface area (Å²) in [5.41, 5.74) is 10.0. The van der Waals surface area contributed by atoms with Crippen molar-refractivity contribution < 1.29 is 0 Å². The van der Waals surface area contributed by atoms with Crippen LogP contribution in [-0.4, -0.2) is 0 Å². The molecule has 214 valence electrons. The fourth-order valence-corrected chi connectivity index (χ4v) is 8.88. The highest BCUT2D eigenvalue weighted by molar-refractivity contribution is 7.26. The molecule has 1 nitrogen and oxygen atoms in total. The molecule has 0 unspecified atom stereocenters. The molecule has 0 saturated heterocycles. The molecule has 9 aromatic rings. The van der Waals surface area contributed by atoms with Gasteiger partial charge in [0.25, 0.3) is 0 Å². The fourth-order valence-electron chi connectivity index (χ4n) is 6.70. The van der Waals surface area contributed by atoms with Gasteiger partial charge in [-0.15, -0.1) is 22.7 Å². The molecule has 3 heteroatoms. The van der Waals surface area contributed by atoms with Crippen LogP contribution in [-0.2, 0) is 0 Å². The van der Waals surface area contributed by atoms with Crippen LogP contribution in [0.2, 0.25) is 0 Å². The van der Waals surface area contributed by atoms with Gasteiger partial charge in [-0.05, 0) is 105 Å². The maximum absolute atomic E-state index is 9.49. The van der Waals surface area contributed by atoms with Crippen LogP contribution in [0.15, 0.2) is 152 Å². The molecule has 0 saturated carbocycles. The van der Waals surface area contributed by atoms with Crippen molar-refractivity contribution >= 4 is 63.0 Å². The first-order valence-electron chi connectivity index (χ1n) is 15.3. The number of hydrogen-bond donors (Lipinski definition) is 0. The third-order valence-corrected chi connectivity index (χ3v) is 11.2. The Hall–Kier alpha value is -5.53. The van der Waals surface area contributed by atoms with E-state index in [0.717, 1.165) is 11.1 Å². The van der Waals surface area contributed by atoms with Crippen molar-refractivity contribution in [3.63, 3.8) is 0 Å². The smallest absolute Gasteiger partial charge is 0.0991 e. The van der Waals surface area contributed by atoms with Gasteiger partial charge >= 0.3 is 0 Å². The maximum Gasteiger partial charge on any atom is 0.0991 e. The highest BCUT2D eigenvalue weighted by Gasteiger charge is 2.19. The van der Waals surface area contributed by atoms with E-state index in [2.05, 4.69) is 146 Å². The minimum absolute atomic E-state index is 0.662. The average Bonchev–Trinajstić information content (AvgIpc) is 3.69. The highest BCUT2D eigenvalue weighted by Crippen LogP contribution is 2.46. The number of thiophene rings is 2. The second-order valence-corrected chi connectivity index (χ2v) is 13.8. The summed E-state index contributed by atoms with van der Waals surface area (Å²) >= 11 is 3.69. The summed E-state index contributed by atoms with van der Waals surface area (Å²) in [6.07, 6.45) is 0. The van der Waals surface area contributed by atoms with Crippen LogP contribution in [0.5, 0.6) is 0 Å². The predicted molar refractivity (Wildman–Crippen MR) is 199 cm³/mol. The third kappa shape index (κ3) is 4.43. The zero-order chi connectivity index (χ0) is 30.6. The number of fused-ring (bicyclic) bond motifs is 6. The van der Waals surface area contributed by atoms with E-state index in [-0.39, 0.29) is 0 Å². The van der Waals surface area contributed by atoms with Crippen LogP contribution in [0.3, 0.4) is 0 Å². The van der Waals surface area contributed by atoms with Gasteiger partial charge in [-0.25, -0.2) is 0 Å². The SMILES string of the molecule is N#Cc1ccc(-c2cc(-c3ccc4sc5ccccc5c4c3)c(-c3ccccc3)c(-c3ccc4sc5ccccc5c4c3)c2)cc1. The van der Waals surface area contributed by atoms with Gasteiger partial charge in [-0.2, -0.15) is 5.26 Å². The number of nitrogens with zero attached hydrogens (tertiary/aromatic N) is 1. The van der Waals surface area contributed by atoms with E-state index in [4.69, 9.17) is 0 Å². The molecule has 46 heavy (non-hydrogen) atoms. The van der Waals surface area contributed by atoms with Crippen molar-refractivity contribution in [1.29, 1.82) is 5.26 Å². The Balaban J connectivity index is 1.37. The lowest BCUT2D eigenvalue weighted by atomic mass is 9.84. The van der Waals surface area contributed by atoms with Crippen LogP contribution < -0.4 is 0 Å². The van der Waals surface area contributed by atoms with Crippen molar-refractivity contribution in [3.8, 4) is 50.6 Å². The molecule has 0 spiro atoms. The Morgan fingerprint density at radius 1 is 0.370 bits per heavy atom. The Kier molecular flexibility index (Phi) is 6.31. The monoisotopic (exact) mass is 619 g/mol. The van der Waals surface area contributed by atoms with E-state index in [1.807, 2.05) is 34.8 Å². The minimum Gasteiger partial charge on any atom is -0.192 e. The molecule has 0 atom stereocenters. The van der Waals surface area contributed by atoms with E-state index >= 15 is 0 Å². The molecule has 0 amide bonds. The maximum atomic E-state index is 9.49. The molecule has 2 aromatic heterocycles. The van der Waals surface area contributed by atoms with Crippen LogP contribution in [0, 0.1) is 11.3 Å². The van der Waals surface area contributed by atoms with E-state index in [1.54, 1.807) is 0 Å². The van der Waals surface area contributed by atoms with Gasteiger partial charge in [0.15, 0.2) is 0 Å². The summed E-state index contributed by atoms with van der Waals surface area (Å²) in [6, 6.07) is 56.9. The van der Waals surface area contributed by atoms with Crippen molar-refractivity contribution in [2.45, 2.75) is 0 Å². The Morgan fingerprint density at radius 2 is 0.848 bits per heavy atom. The number of nitriles is 1. The molecule has 2 heterocycles. The van der Waals surface area contributed by atoms with Crippen LogP contribution in [0.4, 0.5) is 0 Å². The molecule has 0 aliphatic rings. The van der Waals surface area contributed by atoms with Crippen LogP contribution in [0.25, 0.3) is 84.9 Å². The van der Waals surface area contributed by atoms with E-state index in [0.29, 0.717) is 5.56 Å². The second kappa shape index (κ2) is 10.8. The van der Waals surface area contributed by atoms with Gasteiger partial charge in [-0.1, -0.05) is 91.0 Å². The van der Waals surface area contributed by atoms with Crippen molar-refractivity contribution in [1.82, 2.24) is 0 Å². The molecular weight excluding hydrogens is 595 g/mol. The molecule has 9 rings (SSSR count). The fraction of sp³-hybridized carbons (Fsp3) is 0. The predicted octanol–water partition coefficient (Wildman–Crippen LogP) is 13.0. The quantitative estimate of drug-likeness (QED) is 0.192. The largest absolute Gasteiger partial charge is 0.192 e. The zero-order valence-corrected chi connectivity index (χ0v) is 26.3. The van der Waals surface area contributed by atoms with Crippen molar-refractivity contribution in [2.24, 2.45) is 0 Å². The van der Waals surface area contributed by atoms with Crippen LogP contribution in [0.1, 0.15) is 5.56 Å². The summed E-state index contributed by atoms with van der Waals surface area (Å²) in [6.45, 7) is 0. The van der Waals surface area contributed by atoms with Gasteiger partial charge in [0, 0.05) is 40.3 Å². The third-order valence-electron chi connectivity index (χ3n) is 8.92. The summed E-state index contributed by atoms with van der Waals surface area (Å²) in [5, 5.41) is 14.6. The summed E-state index contributed by atoms with van der Waals surface area (Å²) < 4.78 is 5.21. The second-order valence-electron chi connectivity index (χ2n) is 11.6. The summed E-state index contributed by atoms with van der Waals surface area (Å²) in [7, 11) is 0. The minimum atomic E-state index is 0.662. The van der Waals surface area contributed by atoms with E-state index in [1.165, 1.54) is 73.7 Å². The molecule has 7 aromatic carbocycles. The molecule has 0 bridgehead atoms. The summed E-state index contributed by atoms with van der Waals surface area (Å²) in [5.74, 6) is 0. The molecule has 0 radical (unpaired) electrons. The average molecular weight is 620 g/mol. The van der Waals surface area contributed by atoms with E-state index in [9.17, 15) is 5.26 Å². The van der Waals surface area contributed by atoms with E-state index < -0.39 is 0 Å². The van der Waals surface area contributed by atoms with Gasteiger partial charge in [0.05, 0.1) is 11.6 Å². The van der Waals surface area contributed by atoms with Gasteiger partial charge in [0.2, 0.25) is 0 Å². The van der Waals surface area contributed by atoms with Crippen LogP contribution >= 0.6 is 22.7 Å². The lowest BCUT2D eigenvalue weighted by Gasteiger charge is -2.19. The van der Waals surface area contributed by atoms with Crippen molar-refractivity contribution in [3.05, 3.63) is 157 Å². The van der Waals surface area contributed by atoms with Gasteiger partial charge in [0.1, 0.15) is 0 Å². The standard InChI is InChI=1S/C43H25NS2/c44-26-27-14-16-28(17-15-27)32-24-35(30-18-20-41-37(22-30)33-10-4-6-12-39(33)45-41)43(29-8-2-1-3-9-29)36(25-32)31-19-21-42-38(23-31)34-11-5-7-13-40(34)46-42/h1-25H. The molecule has 0 aliphatic carbocycles. The number of hydrogen-bond acceptors (Lipinski definition) is 3. The van der Waals surface area contributed by atoms with Gasteiger partial charge in [-0.3, -0.25) is 0 Å². The molecule has 0 N–H and O–H groups in total. The lowest BCUT2D eigenvalue weighted by Crippen LogP contribution is -1.93. The normalized spacial score (nSPS) is 11.5. The molecule has 0 aliphatic heterocycles. The highest BCUT2D eigenvalue weighted by atomic mass is 32.1. The summed E-state index contributed by atoms with van der Waals surface area (Å²) in [4.78, 5) is 0. The number of rotatable bonds is 4. The van der Waals surface area contributed by atoms with Gasteiger partial charge < -0.3 is 0 Å². The topological polar surface area (TPSA) is 23.8 Å². The molecular formula is C43H25NS2. The first-order valence-corrected chi connectivity index (χ1v) is 16.9. The Morgan fingerprint density at radius 3 is 1.39 bits per heavy atom.